The molecular formula is C76H51F3N8. The van der Waals surface area contributed by atoms with Crippen LogP contribution >= 0.6 is 0 Å². The van der Waals surface area contributed by atoms with Gasteiger partial charge < -0.3 is 9.13 Å². The average molecular weight is 1130 g/mol. The van der Waals surface area contributed by atoms with Crippen LogP contribution in [0.25, 0.3) is 146 Å². The van der Waals surface area contributed by atoms with Gasteiger partial charge in [-0.2, -0.15) is 13.2 Å². The Morgan fingerprint density at radius 3 is 1.09 bits per heavy atom. The Kier molecular flexibility index (Phi) is 12.8. The van der Waals surface area contributed by atoms with Crippen molar-refractivity contribution in [1.29, 1.82) is 0 Å². The highest BCUT2D eigenvalue weighted by Gasteiger charge is 2.31. The summed E-state index contributed by atoms with van der Waals surface area (Å²) < 4.78 is 47.9. The molecule has 0 aliphatic rings. The summed E-state index contributed by atoms with van der Waals surface area (Å²) in [4.78, 5) is 31.2. The van der Waals surface area contributed by atoms with E-state index in [0.717, 1.165) is 94.7 Å². The van der Waals surface area contributed by atoms with E-state index in [4.69, 9.17) is 29.9 Å². The molecule has 0 aliphatic heterocycles. The van der Waals surface area contributed by atoms with E-state index in [2.05, 4.69) is 109 Å². The highest BCUT2D eigenvalue weighted by Crippen LogP contribution is 2.43. The highest BCUT2D eigenvalue weighted by atomic mass is 19.4. The summed E-state index contributed by atoms with van der Waals surface area (Å²) in [6.07, 6.45) is -4.54. The molecule has 87 heavy (non-hydrogen) atoms. The lowest BCUT2D eigenvalue weighted by atomic mass is 9.95. The Balaban J connectivity index is 0.963. The molecule has 0 bridgehead atoms. The summed E-state index contributed by atoms with van der Waals surface area (Å²) in [5.74, 6) is 3.02. The van der Waals surface area contributed by atoms with Crippen LogP contribution in [0.5, 0.6) is 0 Å². The van der Waals surface area contributed by atoms with Gasteiger partial charge >= 0.3 is 6.18 Å². The smallest absolute Gasteiger partial charge is 0.309 e. The zero-order chi connectivity index (χ0) is 58.9. The molecule has 0 amide bonds. The summed E-state index contributed by atoms with van der Waals surface area (Å²) in [6, 6.07) is 83.9. The predicted molar refractivity (Wildman–Crippen MR) is 345 cm³/mol. The molecule has 0 unspecified atom stereocenters. The largest absolute Gasteiger partial charge is 0.416 e. The predicted octanol–water partition coefficient (Wildman–Crippen LogP) is 19.5. The topological polar surface area (TPSA) is 87.2 Å². The zero-order valence-corrected chi connectivity index (χ0v) is 47.5. The van der Waals surface area contributed by atoms with Crippen molar-refractivity contribution in [3.63, 3.8) is 0 Å². The van der Waals surface area contributed by atoms with Crippen LogP contribution < -0.4 is 0 Å². The number of aryl methyl sites for hydroxylation is 3. The second kappa shape index (κ2) is 21.2. The summed E-state index contributed by atoms with van der Waals surface area (Å²) in [6.45, 7) is 6.21. The minimum absolute atomic E-state index is 0.427. The van der Waals surface area contributed by atoms with E-state index in [9.17, 15) is 13.2 Å². The monoisotopic (exact) mass is 1130 g/mol. The minimum Gasteiger partial charge on any atom is -0.309 e. The molecule has 11 aromatic carbocycles. The van der Waals surface area contributed by atoms with Crippen LogP contribution in [0.4, 0.5) is 13.2 Å². The summed E-state index contributed by atoms with van der Waals surface area (Å²) in [5, 5.41) is 3.50. The van der Waals surface area contributed by atoms with E-state index in [-0.39, 0.29) is 0 Å². The highest BCUT2D eigenvalue weighted by molar-refractivity contribution is 6.11. The first-order valence-corrected chi connectivity index (χ1v) is 28.7. The molecule has 416 valence electrons. The van der Waals surface area contributed by atoms with Gasteiger partial charge in [0.15, 0.2) is 34.9 Å². The lowest BCUT2D eigenvalue weighted by Crippen LogP contribution is -2.04. The maximum absolute atomic E-state index is 14.5. The molecule has 0 spiro atoms. The van der Waals surface area contributed by atoms with E-state index in [0.29, 0.717) is 62.5 Å². The Bertz CT molecular complexity index is 5000. The van der Waals surface area contributed by atoms with Crippen LogP contribution in [0.2, 0.25) is 0 Å². The van der Waals surface area contributed by atoms with Gasteiger partial charge in [0.05, 0.1) is 33.3 Å². The Morgan fingerprint density at radius 1 is 0.276 bits per heavy atom. The first-order valence-electron chi connectivity index (χ1n) is 28.7. The van der Waals surface area contributed by atoms with Gasteiger partial charge in [-0.05, 0) is 134 Å². The Labute approximate surface area is 499 Å². The fourth-order valence-corrected chi connectivity index (χ4v) is 12.0. The van der Waals surface area contributed by atoms with Gasteiger partial charge in [0, 0.05) is 60.6 Å². The quantitative estimate of drug-likeness (QED) is 0.136. The minimum atomic E-state index is -4.54. The third-order valence-electron chi connectivity index (χ3n) is 16.2. The van der Waals surface area contributed by atoms with Crippen LogP contribution in [0.15, 0.2) is 255 Å². The number of aromatic nitrogens is 8. The molecule has 0 atom stereocenters. The lowest BCUT2D eigenvalue weighted by molar-refractivity contribution is -0.137. The fourth-order valence-electron chi connectivity index (χ4n) is 12.0. The van der Waals surface area contributed by atoms with Crippen molar-refractivity contribution in [1.82, 2.24) is 39.0 Å². The molecule has 15 aromatic rings. The second-order valence-electron chi connectivity index (χ2n) is 22.1. The third-order valence-corrected chi connectivity index (χ3v) is 16.2. The van der Waals surface area contributed by atoms with Crippen molar-refractivity contribution in [3.05, 3.63) is 277 Å². The molecule has 0 N–H and O–H groups in total. The van der Waals surface area contributed by atoms with Crippen molar-refractivity contribution in [2.75, 3.05) is 0 Å². The first kappa shape index (κ1) is 52.6. The maximum Gasteiger partial charge on any atom is 0.416 e. The van der Waals surface area contributed by atoms with Crippen LogP contribution in [-0.4, -0.2) is 39.0 Å². The number of nitrogens with zero attached hydrogens (tertiary/aromatic N) is 8. The van der Waals surface area contributed by atoms with Gasteiger partial charge in [-0.25, -0.2) is 29.9 Å². The van der Waals surface area contributed by atoms with E-state index in [1.807, 2.05) is 157 Å². The molecule has 0 aliphatic carbocycles. The van der Waals surface area contributed by atoms with Crippen LogP contribution in [0, 0.1) is 20.8 Å². The van der Waals surface area contributed by atoms with Gasteiger partial charge in [-0.15, -0.1) is 0 Å². The van der Waals surface area contributed by atoms with Crippen molar-refractivity contribution in [3.8, 4) is 102 Å². The summed E-state index contributed by atoms with van der Waals surface area (Å²) in [7, 11) is 0. The molecule has 0 radical (unpaired) electrons. The van der Waals surface area contributed by atoms with Gasteiger partial charge in [-0.1, -0.05) is 180 Å². The van der Waals surface area contributed by atoms with E-state index >= 15 is 0 Å². The number of hydrogen-bond donors (Lipinski definition) is 0. The van der Waals surface area contributed by atoms with Crippen LogP contribution in [0.3, 0.4) is 0 Å². The molecule has 0 saturated carbocycles. The molecule has 11 heteroatoms. The standard InChI is InChI=1S/C76H51F3N8/c1-46-27-32-65-62(39-46)63-45-58(76(77,78)79)31-36-66(63)86(65)59-42-56(41-57(43-59)74-82-70(49-17-8-4-9-18-49)80-71(83-74)50-19-10-5-11-20-50)54-26-16-25-53(40-54)55-30-35-69(87-67-33-28-47(2)37-60(67)61-38-48(3)29-34-68(61)87)64(44-55)75-84-72(51-21-12-6-13-22-51)81-73(85-75)52-23-14-7-15-24-52/h4-45H,1-3H3. The van der Waals surface area contributed by atoms with E-state index in [1.165, 1.54) is 17.2 Å². The summed E-state index contributed by atoms with van der Waals surface area (Å²) in [5.41, 5.74) is 16.0. The van der Waals surface area contributed by atoms with E-state index in [1.54, 1.807) is 6.07 Å². The lowest BCUT2D eigenvalue weighted by Gasteiger charge is -2.17. The normalized spacial score (nSPS) is 11.8. The third kappa shape index (κ3) is 9.74. The van der Waals surface area contributed by atoms with Gasteiger partial charge in [0.2, 0.25) is 0 Å². The van der Waals surface area contributed by atoms with Crippen molar-refractivity contribution in [2.24, 2.45) is 0 Å². The van der Waals surface area contributed by atoms with Gasteiger partial charge in [0.1, 0.15) is 0 Å². The number of fused-ring (bicyclic) bond motifs is 6. The summed E-state index contributed by atoms with van der Waals surface area (Å²) >= 11 is 0. The average Bonchev–Trinajstić information content (AvgIpc) is 1.69. The van der Waals surface area contributed by atoms with E-state index < -0.39 is 11.7 Å². The van der Waals surface area contributed by atoms with Gasteiger partial charge in [0.25, 0.3) is 0 Å². The van der Waals surface area contributed by atoms with Crippen LogP contribution in [0.1, 0.15) is 22.3 Å². The number of rotatable bonds is 10. The molecule has 0 saturated heterocycles. The Hall–Kier alpha value is -11.2. The molecule has 8 nitrogen and oxygen atoms in total. The number of halogens is 3. The molecule has 0 fully saturated rings. The Morgan fingerprint density at radius 2 is 0.632 bits per heavy atom. The maximum atomic E-state index is 14.5. The fraction of sp³-hybridized carbons (Fsp3) is 0.0526. The van der Waals surface area contributed by atoms with Crippen molar-refractivity contribution < 1.29 is 13.2 Å². The molecular weight excluding hydrogens is 1080 g/mol. The SMILES string of the molecule is Cc1ccc2c(c1)c1cc(C(F)(F)F)ccc1n2-c1cc(-c2cccc(-c3ccc(-n4c5ccc(C)cc5c5cc(C)ccc54)c(-c4nc(-c5ccccc5)nc(-c5ccccc5)n4)c3)c2)cc(-c2nc(-c3ccccc3)nc(-c3ccccc3)n2)c1. The molecule has 4 heterocycles. The number of benzene rings is 11. The molecule has 15 rings (SSSR count). The second-order valence-corrected chi connectivity index (χ2v) is 22.1. The van der Waals surface area contributed by atoms with Crippen molar-refractivity contribution in [2.45, 2.75) is 26.9 Å². The number of alkyl halides is 3. The van der Waals surface area contributed by atoms with Gasteiger partial charge in [-0.3, -0.25) is 0 Å². The zero-order valence-electron chi connectivity index (χ0n) is 47.5. The molecule has 4 aromatic heterocycles. The van der Waals surface area contributed by atoms with Crippen LogP contribution in [-0.2, 0) is 6.18 Å². The first-order chi connectivity index (χ1) is 42.4. The number of hydrogen-bond acceptors (Lipinski definition) is 6. The van der Waals surface area contributed by atoms with Crippen molar-refractivity contribution >= 4 is 43.6 Å².